The molecule has 61 heavy (non-hydrogen) atoms. The third-order valence-corrected chi connectivity index (χ3v) is 16.6. The number of hydrogen-bond donors (Lipinski definition) is 0. The number of hydrogen-bond acceptors (Lipinski definition) is 8. The van der Waals surface area contributed by atoms with Gasteiger partial charge in [0.25, 0.3) is 0 Å². The maximum Gasteiger partial charge on any atom is 0.335 e. The van der Waals surface area contributed by atoms with Gasteiger partial charge >= 0.3 is 15.2 Å². The van der Waals surface area contributed by atoms with Crippen LogP contribution in [0.1, 0.15) is 143 Å². The van der Waals surface area contributed by atoms with E-state index in [0.717, 1.165) is 122 Å². The summed E-state index contributed by atoms with van der Waals surface area (Å²) in [7, 11) is -9.45. The molecule has 0 atom stereocenters. The Balaban J connectivity index is 1.34. The number of rotatable bonds is 32. The summed E-state index contributed by atoms with van der Waals surface area (Å²) in [5.41, 5.74) is 8.51. The normalized spacial score (nSPS) is 12.3. The van der Waals surface area contributed by atoms with Crippen LogP contribution in [0.5, 0.6) is 0 Å². The summed E-state index contributed by atoms with van der Waals surface area (Å²) in [4.78, 5) is 0. The zero-order chi connectivity index (χ0) is 43.8. The predicted molar refractivity (Wildman–Crippen MR) is 253 cm³/mol. The highest BCUT2D eigenvalue weighted by Crippen LogP contribution is 2.54. The number of benzene rings is 4. The lowest BCUT2D eigenvalue weighted by molar-refractivity contribution is 0.198. The van der Waals surface area contributed by atoms with Gasteiger partial charge < -0.3 is 22.6 Å². The van der Waals surface area contributed by atoms with E-state index < -0.39 is 22.6 Å². The minimum absolute atomic E-state index is 0.271. The summed E-state index contributed by atoms with van der Waals surface area (Å²) in [5, 5.41) is 0. The highest BCUT2D eigenvalue weighted by molar-refractivity contribution is 7.57. The summed E-state index contributed by atoms with van der Waals surface area (Å²) in [6.45, 7) is 12.7. The van der Waals surface area contributed by atoms with Crippen LogP contribution < -0.4 is 0 Å². The van der Waals surface area contributed by atoms with Crippen molar-refractivity contribution in [3.05, 3.63) is 142 Å². The summed E-state index contributed by atoms with van der Waals surface area (Å²) in [6.07, 6.45) is 12.0. The molecule has 0 saturated carbocycles. The molecule has 0 aliphatic carbocycles. The average Bonchev–Trinajstić information content (AvgIpc) is 3.24. The zero-order valence-electron chi connectivity index (χ0n) is 37.7. The molecule has 0 radical (unpaired) electrons. The van der Waals surface area contributed by atoms with Gasteiger partial charge in [0.2, 0.25) is 7.37 Å². The van der Waals surface area contributed by atoms with Crippen LogP contribution in [0.4, 0.5) is 0 Å². The van der Waals surface area contributed by atoms with Gasteiger partial charge in [-0.05, 0) is 89.5 Å². The van der Waals surface area contributed by atoms with Crippen molar-refractivity contribution in [2.75, 3.05) is 33.0 Å². The second-order valence-corrected chi connectivity index (χ2v) is 22.9. The van der Waals surface area contributed by atoms with E-state index in [0.29, 0.717) is 45.4 Å². The van der Waals surface area contributed by atoms with E-state index in [1.807, 2.05) is 24.3 Å². The van der Waals surface area contributed by atoms with Crippen LogP contribution >= 0.6 is 22.6 Å². The third kappa shape index (κ3) is 19.3. The Hall–Kier alpha value is -2.63. The lowest BCUT2D eigenvalue weighted by atomic mass is 10.0. The Morgan fingerprint density at radius 1 is 0.311 bits per heavy atom. The van der Waals surface area contributed by atoms with E-state index in [4.69, 9.17) is 22.6 Å². The molecule has 0 unspecified atom stereocenters. The molecule has 0 bridgehead atoms. The van der Waals surface area contributed by atoms with Crippen LogP contribution in [-0.4, -0.2) is 33.0 Å². The maximum absolute atomic E-state index is 14.4. The molecule has 4 rings (SSSR count). The summed E-state index contributed by atoms with van der Waals surface area (Å²) < 4.78 is 70.8. The monoisotopic (exact) mass is 894 g/mol. The fourth-order valence-corrected chi connectivity index (χ4v) is 12.4. The molecule has 4 aromatic carbocycles. The second-order valence-electron chi connectivity index (χ2n) is 16.2. The van der Waals surface area contributed by atoms with Crippen molar-refractivity contribution in [2.24, 2.45) is 0 Å². The molecule has 0 aliphatic heterocycles. The Labute approximate surface area is 368 Å². The summed E-state index contributed by atoms with van der Waals surface area (Å²) >= 11 is 0. The van der Waals surface area contributed by atoms with Crippen molar-refractivity contribution in [2.45, 2.75) is 136 Å². The molecule has 0 aliphatic rings. The quantitative estimate of drug-likeness (QED) is 0.0353. The first-order valence-corrected chi connectivity index (χ1v) is 28.3. The van der Waals surface area contributed by atoms with Gasteiger partial charge in [-0.25, -0.2) is 0 Å². The van der Waals surface area contributed by atoms with E-state index in [1.165, 1.54) is 0 Å². The molecule has 4 aromatic rings. The van der Waals surface area contributed by atoms with E-state index in [2.05, 4.69) is 107 Å². The van der Waals surface area contributed by atoms with Crippen molar-refractivity contribution in [3.8, 4) is 0 Å². The predicted octanol–water partition coefficient (Wildman–Crippen LogP) is 15.3. The van der Waals surface area contributed by atoms with Gasteiger partial charge in [0.15, 0.2) is 0 Å². The Kier molecular flexibility index (Phi) is 23.0. The molecular weight excluding hydrogens is 821 g/mol. The van der Waals surface area contributed by atoms with Crippen LogP contribution in [-0.2, 0) is 73.8 Å². The standard InChI is InChI=1S/C50H73O8P3/c1-6-11-32-54-59(51,39-47-24-16-43(17-25-47)37-45-20-28-49(29-21-45)41-60(52,55-33-12-7-2)56-34-13-8-3)40-48-26-18-44(19-27-48)38-46-22-30-50(31-23-46)42-61(53,57-35-14-9-4)58-36-15-10-5/h16-31H,6-15,32-42H2,1-5H3. The first kappa shape index (κ1) is 51.0. The smallest absolute Gasteiger partial charge is 0.328 e. The Bertz CT molecular complexity index is 1780. The lowest BCUT2D eigenvalue weighted by Gasteiger charge is -2.20. The minimum Gasteiger partial charge on any atom is -0.328 e. The molecule has 0 N–H and O–H groups in total. The van der Waals surface area contributed by atoms with Gasteiger partial charge in [0.1, 0.15) is 0 Å². The lowest BCUT2D eigenvalue weighted by Crippen LogP contribution is -2.02. The van der Waals surface area contributed by atoms with Gasteiger partial charge in [-0.15, -0.1) is 0 Å². The van der Waals surface area contributed by atoms with Gasteiger partial charge in [-0.2, -0.15) is 0 Å². The molecule has 0 amide bonds. The second kappa shape index (κ2) is 27.5. The van der Waals surface area contributed by atoms with E-state index >= 15 is 0 Å². The fraction of sp³-hybridized carbons (Fsp3) is 0.520. The van der Waals surface area contributed by atoms with E-state index in [-0.39, 0.29) is 12.3 Å². The first-order chi connectivity index (χ1) is 29.5. The topological polar surface area (TPSA) is 97.4 Å². The molecule has 336 valence electrons. The van der Waals surface area contributed by atoms with Crippen LogP contribution in [0.15, 0.2) is 97.1 Å². The molecule has 0 heterocycles. The van der Waals surface area contributed by atoms with Crippen LogP contribution in [0, 0.1) is 0 Å². The fourth-order valence-electron chi connectivity index (χ4n) is 6.70. The van der Waals surface area contributed by atoms with Crippen molar-refractivity contribution in [1.82, 2.24) is 0 Å². The molecule has 0 aromatic heterocycles. The van der Waals surface area contributed by atoms with Gasteiger partial charge in [-0.3, -0.25) is 13.7 Å². The molecule has 0 spiro atoms. The van der Waals surface area contributed by atoms with Crippen LogP contribution in [0.3, 0.4) is 0 Å². The van der Waals surface area contributed by atoms with Crippen LogP contribution in [0.2, 0.25) is 0 Å². The van der Waals surface area contributed by atoms with Crippen molar-refractivity contribution >= 4 is 22.6 Å². The van der Waals surface area contributed by atoms with Crippen LogP contribution in [0.25, 0.3) is 0 Å². The highest BCUT2D eigenvalue weighted by atomic mass is 31.2. The molecule has 0 saturated heterocycles. The number of unbranched alkanes of at least 4 members (excludes halogenated alkanes) is 5. The zero-order valence-corrected chi connectivity index (χ0v) is 40.4. The largest absolute Gasteiger partial charge is 0.335 e. The molecule has 0 fully saturated rings. The SMILES string of the molecule is CCCCOP(=O)(Cc1ccc(Cc2ccc(CP(=O)(OCCCC)OCCCC)cc2)cc1)Cc1ccc(Cc2ccc(CP(=O)(OCCCC)OCCCC)cc2)cc1. The summed E-state index contributed by atoms with van der Waals surface area (Å²) in [5.74, 6) is 0. The van der Waals surface area contributed by atoms with Gasteiger partial charge in [-0.1, -0.05) is 164 Å². The molecule has 8 nitrogen and oxygen atoms in total. The first-order valence-electron chi connectivity index (χ1n) is 22.8. The third-order valence-electron chi connectivity index (χ3n) is 10.5. The van der Waals surface area contributed by atoms with E-state index in [9.17, 15) is 13.7 Å². The van der Waals surface area contributed by atoms with Gasteiger partial charge in [0, 0.05) is 0 Å². The molecule has 11 heteroatoms. The van der Waals surface area contributed by atoms with Crippen molar-refractivity contribution in [3.63, 3.8) is 0 Å². The Morgan fingerprint density at radius 3 is 0.770 bits per heavy atom. The van der Waals surface area contributed by atoms with Crippen molar-refractivity contribution < 1.29 is 36.3 Å². The van der Waals surface area contributed by atoms with E-state index in [1.54, 1.807) is 0 Å². The summed E-state index contributed by atoms with van der Waals surface area (Å²) in [6, 6.07) is 33.2. The highest BCUT2D eigenvalue weighted by Gasteiger charge is 2.27. The average molecular weight is 895 g/mol. The maximum atomic E-state index is 14.4. The molecular formula is C50H73O8P3. The Morgan fingerprint density at radius 2 is 0.525 bits per heavy atom. The van der Waals surface area contributed by atoms with Gasteiger partial charge in [0.05, 0.1) is 57.7 Å². The minimum atomic E-state index is -3.21. The van der Waals surface area contributed by atoms with Crippen molar-refractivity contribution in [1.29, 1.82) is 0 Å².